The second kappa shape index (κ2) is 5.77. The molecule has 1 amide bonds. The zero-order valence-corrected chi connectivity index (χ0v) is 13.5. The van der Waals surface area contributed by atoms with Crippen LogP contribution in [0.15, 0.2) is 24.3 Å². The molecule has 1 N–H and O–H groups in total. The number of rotatable bonds is 4. The molecule has 1 aromatic carbocycles. The molecule has 1 heterocycles. The third-order valence-electron chi connectivity index (χ3n) is 5.23. The molecule has 5 atom stereocenters. The second-order valence-electron chi connectivity index (χ2n) is 6.59. The first-order valence-electron chi connectivity index (χ1n) is 7.95. The molecule has 24 heavy (non-hydrogen) atoms. The topological polar surface area (TPSA) is 81.7 Å². The molecule has 126 valence electrons. The van der Waals surface area contributed by atoms with Gasteiger partial charge in [0.2, 0.25) is 0 Å². The van der Waals surface area contributed by atoms with E-state index in [-0.39, 0.29) is 36.4 Å². The molecule has 0 radical (unpaired) electrons. The van der Waals surface area contributed by atoms with Gasteiger partial charge in [0.25, 0.3) is 5.91 Å². The molecule has 0 aromatic heterocycles. The van der Waals surface area contributed by atoms with Gasteiger partial charge in [0, 0.05) is 16.6 Å². The summed E-state index contributed by atoms with van der Waals surface area (Å²) in [6.45, 7) is -0.374. The minimum Gasteiger partial charge on any atom is -0.462 e. The summed E-state index contributed by atoms with van der Waals surface area (Å²) in [4.78, 5) is 36.1. The van der Waals surface area contributed by atoms with Gasteiger partial charge in [0.1, 0.15) is 6.10 Å². The number of hydrogen-bond donors (Lipinski definition) is 1. The lowest BCUT2D eigenvalue weighted by Crippen LogP contribution is -2.34. The Morgan fingerprint density at radius 3 is 2.75 bits per heavy atom. The highest BCUT2D eigenvalue weighted by molar-refractivity contribution is 6.30. The molecule has 3 aliphatic rings. The summed E-state index contributed by atoms with van der Waals surface area (Å²) in [6, 6.07) is 6.63. The van der Waals surface area contributed by atoms with Crippen LogP contribution >= 0.6 is 11.6 Å². The van der Waals surface area contributed by atoms with Crippen LogP contribution in [0.3, 0.4) is 0 Å². The van der Waals surface area contributed by atoms with Crippen LogP contribution in [0, 0.1) is 23.7 Å². The van der Waals surface area contributed by atoms with Crippen LogP contribution in [-0.4, -0.2) is 30.6 Å². The minimum absolute atomic E-state index is 0.0234. The van der Waals surface area contributed by atoms with E-state index in [2.05, 4.69) is 5.32 Å². The van der Waals surface area contributed by atoms with Gasteiger partial charge in [-0.1, -0.05) is 11.6 Å². The molecule has 0 unspecified atom stereocenters. The number of hydrogen-bond acceptors (Lipinski definition) is 5. The number of anilines is 1. The molecule has 2 aliphatic carbocycles. The predicted octanol–water partition coefficient (Wildman–Crippen LogP) is 2.02. The summed E-state index contributed by atoms with van der Waals surface area (Å²) in [5.41, 5.74) is 0.572. The van der Waals surface area contributed by atoms with Crippen molar-refractivity contribution in [3.63, 3.8) is 0 Å². The van der Waals surface area contributed by atoms with Crippen LogP contribution in [0.2, 0.25) is 5.02 Å². The van der Waals surface area contributed by atoms with Gasteiger partial charge in [0.05, 0.1) is 11.8 Å². The summed E-state index contributed by atoms with van der Waals surface area (Å²) in [5, 5.41) is 3.19. The fraction of sp³-hybridized carbons (Fsp3) is 0.471. The first-order valence-corrected chi connectivity index (χ1v) is 8.33. The largest absolute Gasteiger partial charge is 0.462 e. The SMILES string of the molecule is O=C(COC(=O)[C@@H]1[C@@H]2C[C@@H]3[C@@H]1C(=O)O[C@H]3C2)Nc1ccc(Cl)cc1. The normalized spacial score (nSPS) is 32.5. The number of ether oxygens (including phenoxy) is 2. The van der Waals surface area contributed by atoms with Gasteiger partial charge >= 0.3 is 11.9 Å². The van der Waals surface area contributed by atoms with Gasteiger partial charge in [-0.2, -0.15) is 0 Å². The zero-order valence-electron chi connectivity index (χ0n) is 12.7. The van der Waals surface area contributed by atoms with Gasteiger partial charge in [-0.05, 0) is 43.0 Å². The van der Waals surface area contributed by atoms with Gasteiger partial charge in [-0.25, -0.2) is 0 Å². The average Bonchev–Trinajstić information content (AvgIpc) is 3.16. The second-order valence-corrected chi connectivity index (χ2v) is 7.02. The smallest absolute Gasteiger partial charge is 0.310 e. The summed E-state index contributed by atoms with van der Waals surface area (Å²) in [6.07, 6.45) is 1.53. The van der Waals surface area contributed by atoms with Crippen LogP contribution in [0.5, 0.6) is 0 Å². The van der Waals surface area contributed by atoms with Crippen molar-refractivity contribution in [2.75, 3.05) is 11.9 Å². The Morgan fingerprint density at radius 1 is 1.25 bits per heavy atom. The summed E-state index contributed by atoms with van der Waals surface area (Å²) in [7, 11) is 0. The molecule has 1 aromatic rings. The zero-order chi connectivity index (χ0) is 16.8. The number of halogens is 1. The van der Waals surface area contributed by atoms with Crippen molar-refractivity contribution in [2.24, 2.45) is 23.7 Å². The Morgan fingerprint density at radius 2 is 2.00 bits per heavy atom. The number of fused-ring (bicyclic) bond motifs is 1. The van der Waals surface area contributed by atoms with Crippen LogP contribution in [0.1, 0.15) is 12.8 Å². The van der Waals surface area contributed by atoms with Crippen molar-refractivity contribution >= 4 is 35.1 Å². The lowest BCUT2D eigenvalue weighted by molar-refractivity contribution is -0.157. The highest BCUT2D eigenvalue weighted by Crippen LogP contribution is 2.57. The van der Waals surface area contributed by atoms with E-state index in [0.717, 1.165) is 12.8 Å². The van der Waals surface area contributed by atoms with E-state index in [4.69, 9.17) is 21.1 Å². The summed E-state index contributed by atoms with van der Waals surface area (Å²) < 4.78 is 10.4. The third kappa shape index (κ3) is 2.55. The first-order chi connectivity index (χ1) is 11.5. The Bertz CT molecular complexity index is 701. The van der Waals surface area contributed by atoms with Gasteiger partial charge < -0.3 is 14.8 Å². The van der Waals surface area contributed by atoms with Crippen molar-refractivity contribution in [3.05, 3.63) is 29.3 Å². The number of carbonyl (C=O) groups excluding carboxylic acids is 3. The van der Waals surface area contributed by atoms with Crippen LogP contribution in [0.25, 0.3) is 0 Å². The molecule has 6 nitrogen and oxygen atoms in total. The molecular weight excluding hydrogens is 334 g/mol. The fourth-order valence-electron chi connectivity index (χ4n) is 4.29. The highest BCUT2D eigenvalue weighted by Gasteiger charge is 2.64. The van der Waals surface area contributed by atoms with Crippen LogP contribution in [0.4, 0.5) is 5.69 Å². The molecule has 7 heteroatoms. The number of benzene rings is 1. The van der Waals surface area contributed by atoms with Crippen molar-refractivity contribution in [1.29, 1.82) is 0 Å². The quantitative estimate of drug-likeness (QED) is 0.841. The lowest BCUT2D eigenvalue weighted by atomic mass is 9.80. The number of amides is 1. The van der Waals surface area contributed by atoms with Crippen LogP contribution < -0.4 is 5.32 Å². The van der Waals surface area contributed by atoms with Gasteiger partial charge in [-0.15, -0.1) is 0 Å². The molecule has 2 saturated carbocycles. The fourth-order valence-corrected chi connectivity index (χ4v) is 4.41. The maximum Gasteiger partial charge on any atom is 0.310 e. The standard InChI is InChI=1S/C17H16ClNO5/c18-9-1-3-10(4-2-9)19-13(20)7-23-16(21)14-8-5-11-12(6-8)24-17(22)15(11)14/h1-4,8,11-12,14-15H,5-7H2,(H,19,20)/t8-,11+,12+,14-,15+/m1/s1. The summed E-state index contributed by atoms with van der Waals surface area (Å²) in [5.74, 6) is -1.79. The molecule has 2 bridgehead atoms. The van der Waals surface area contributed by atoms with Gasteiger partial charge in [0.15, 0.2) is 6.61 Å². The maximum absolute atomic E-state index is 12.3. The van der Waals surface area contributed by atoms with E-state index in [1.807, 2.05) is 0 Å². The molecule has 1 aliphatic heterocycles. The summed E-state index contributed by atoms with van der Waals surface area (Å²) >= 11 is 5.78. The number of esters is 2. The molecule has 1 saturated heterocycles. The minimum atomic E-state index is -0.476. The van der Waals surface area contributed by atoms with Crippen molar-refractivity contribution in [1.82, 2.24) is 0 Å². The average molecular weight is 350 g/mol. The third-order valence-corrected chi connectivity index (χ3v) is 5.48. The molecular formula is C17H16ClNO5. The maximum atomic E-state index is 12.3. The lowest BCUT2D eigenvalue weighted by Gasteiger charge is -2.22. The van der Waals surface area contributed by atoms with Gasteiger partial charge in [-0.3, -0.25) is 14.4 Å². The van der Waals surface area contributed by atoms with E-state index in [1.165, 1.54) is 0 Å². The van der Waals surface area contributed by atoms with E-state index in [9.17, 15) is 14.4 Å². The number of carbonyl (C=O) groups is 3. The Hall–Kier alpha value is -2.08. The Kier molecular flexibility index (Phi) is 3.72. The molecule has 4 rings (SSSR count). The molecule has 3 fully saturated rings. The Labute approximate surface area is 143 Å². The van der Waals surface area contributed by atoms with Crippen molar-refractivity contribution in [2.45, 2.75) is 18.9 Å². The Balaban J connectivity index is 1.33. The van der Waals surface area contributed by atoms with E-state index in [0.29, 0.717) is 10.7 Å². The first kappa shape index (κ1) is 15.4. The van der Waals surface area contributed by atoms with Crippen molar-refractivity contribution in [3.8, 4) is 0 Å². The predicted molar refractivity (Wildman–Crippen MR) is 84.1 cm³/mol. The van der Waals surface area contributed by atoms with Crippen molar-refractivity contribution < 1.29 is 23.9 Å². The van der Waals surface area contributed by atoms with Crippen LogP contribution in [-0.2, 0) is 23.9 Å². The number of nitrogens with one attached hydrogen (secondary N) is 1. The molecule has 0 spiro atoms. The van der Waals surface area contributed by atoms with E-state index in [1.54, 1.807) is 24.3 Å². The highest BCUT2D eigenvalue weighted by atomic mass is 35.5. The van der Waals surface area contributed by atoms with E-state index >= 15 is 0 Å². The monoisotopic (exact) mass is 349 g/mol. The van der Waals surface area contributed by atoms with E-state index < -0.39 is 17.8 Å².